The fourth-order valence-corrected chi connectivity index (χ4v) is 6.38. The van der Waals surface area contributed by atoms with E-state index in [1.165, 1.54) is 198 Å². The van der Waals surface area contributed by atoms with Crippen molar-refractivity contribution in [3.05, 3.63) is 11.1 Å². The second kappa shape index (κ2) is 29.1. The Morgan fingerprint density at radius 3 is 0.907 bits per heavy atom. The fraction of sp³-hybridized carbons (Fsp3) is 0.952. The molecule has 0 aromatic heterocycles. The molecule has 0 aliphatic carbocycles. The molecule has 258 valence electrons. The van der Waals surface area contributed by atoms with Crippen LogP contribution in [0.1, 0.15) is 248 Å². The van der Waals surface area contributed by atoms with Gasteiger partial charge in [0.1, 0.15) is 0 Å². The molecule has 0 saturated carbocycles. The standard InChI is InChI=1S/C23H46O.C19H38/c1-5-6-7-8-9-10-11-12-13-14-15-16-17-18-19-20-21-23(4)22(2,3)24-23;1-5-6-7-8-9-10-11-12-13-14-15-16-17-19(4)18(2)3/h5-21H2,1-4H3;5-17H2,1-4H3. The summed E-state index contributed by atoms with van der Waals surface area (Å²) in [6.45, 7) is 18.1. The summed E-state index contributed by atoms with van der Waals surface area (Å²) in [5, 5.41) is 0. The van der Waals surface area contributed by atoms with Crippen LogP contribution in [0.3, 0.4) is 0 Å². The highest BCUT2D eigenvalue weighted by Crippen LogP contribution is 2.50. The topological polar surface area (TPSA) is 12.5 Å². The van der Waals surface area contributed by atoms with Crippen molar-refractivity contribution in [2.24, 2.45) is 0 Å². The molecule has 0 bridgehead atoms. The summed E-state index contributed by atoms with van der Waals surface area (Å²) in [5.41, 5.74) is 3.45. The van der Waals surface area contributed by atoms with Gasteiger partial charge in [-0.15, -0.1) is 0 Å². The lowest BCUT2D eigenvalue weighted by Gasteiger charge is -2.08. The van der Waals surface area contributed by atoms with Crippen LogP contribution in [0, 0.1) is 0 Å². The minimum atomic E-state index is 0.141. The summed E-state index contributed by atoms with van der Waals surface area (Å²) in [7, 11) is 0. The van der Waals surface area contributed by atoms with E-state index >= 15 is 0 Å². The predicted octanol–water partition coefficient (Wildman–Crippen LogP) is 15.6. The van der Waals surface area contributed by atoms with Crippen LogP contribution in [0.15, 0.2) is 11.1 Å². The zero-order valence-electron chi connectivity index (χ0n) is 31.6. The second-order valence-corrected chi connectivity index (χ2v) is 15.3. The number of unbranched alkanes of at least 4 members (excludes halogenated alkanes) is 26. The summed E-state index contributed by atoms with van der Waals surface area (Å²) in [6, 6.07) is 0. The monoisotopic (exact) mass is 605 g/mol. The van der Waals surface area contributed by atoms with Crippen molar-refractivity contribution in [2.45, 2.75) is 259 Å². The molecule has 1 saturated heterocycles. The number of rotatable bonds is 30. The lowest BCUT2D eigenvalue weighted by molar-refractivity contribution is 0.273. The van der Waals surface area contributed by atoms with Crippen LogP contribution < -0.4 is 0 Å². The van der Waals surface area contributed by atoms with E-state index in [9.17, 15) is 0 Å². The summed E-state index contributed by atoms with van der Waals surface area (Å²) in [4.78, 5) is 0. The third kappa shape index (κ3) is 26.6. The van der Waals surface area contributed by atoms with Gasteiger partial charge in [0.2, 0.25) is 0 Å². The maximum Gasteiger partial charge on any atom is 0.0946 e. The van der Waals surface area contributed by atoms with E-state index in [0.29, 0.717) is 0 Å². The third-order valence-electron chi connectivity index (χ3n) is 10.5. The zero-order valence-corrected chi connectivity index (χ0v) is 31.6. The highest BCUT2D eigenvalue weighted by molar-refractivity contribution is 5.07. The smallest absolute Gasteiger partial charge is 0.0946 e. The average Bonchev–Trinajstić information content (AvgIpc) is 3.49. The normalized spacial score (nSPS) is 17.0. The molecule has 0 N–H and O–H groups in total. The zero-order chi connectivity index (χ0) is 32.1. The van der Waals surface area contributed by atoms with Crippen LogP contribution >= 0.6 is 0 Å². The number of epoxide rings is 1. The van der Waals surface area contributed by atoms with Gasteiger partial charge in [0.15, 0.2) is 0 Å². The molecule has 0 amide bonds. The van der Waals surface area contributed by atoms with Crippen molar-refractivity contribution < 1.29 is 4.74 Å². The van der Waals surface area contributed by atoms with Crippen LogP contribution in [-0.2, 0) is 4.74 Å². The predicted molar refractivity (Wildman–Crippen MR) is 197 cm³/mol. The largest absolute Gasteiger partial charge is 0.363 e. The van der Waals surface area contributed by atoms with E-state index in [1.807, 2.05) is 0 Å². The average molecular weight is 605 g/mol. The van der Waals surface area contributed by atoms with Crippen molar-refractivity contribution >= 4 is 0 Å². The Kier molecular flexibility index (Phi) is 28.9. The molecule has 1 atom stereocenters. The van der Waals surface area contributed by atoms with Gasteiger partial charge in [-0.3, -0.25) is 0 Å². The fourth-order valence-electron chi connectivity index (χ4n) is 6.38. The van der Waals surface area contributed by atoms with E-state index < -0.39 is 0 Å². The van der Waals surface area contributed by atoms with Crippen LogP contribution in [0.5, 0.6) is 0 Å². The Hall–Kier alpha value is -0.300. The summed E-state index contributed by atoms with van der Waals surface area (Å²) >= 11 is 0. The maximum absolute atomic E-state index is 5.82. The molecule has 0 aromatic rings. The van der Waals surface area contributed by atoms with E-state index in [4.69, 9.17) is 4.74 Å². The maximum atomic E-state index is 5.82. The van der Waals surface area contributed by atoms with Gasteiger partial charge in [-0.05, 0) is 60.8 Å². The molecule has 0 radical (unpaired) electrons. The minimum Gasteiger partial charge on any atom is -0.363 e. The van der Waals surface area contributed by atoms with Gasteiger partial charge < -0.3 is 4.74 Å². The van der Waals surface area contributed by atoms with Crippen LogP contribution in [0.25, 0.3) is 0 Å². The molecule has 1 heterocycles. The Labute approximate surface area is 274 Å². The van der Waals surface area contributed by atoms with Gasteiger partial charge in [0.05, 0.1) is 11.2 Å². The number of allylic oxidation sites excluding steroid dienone is 2. The van der Waals surface area contributed by atoms with Crippen LogP contribution in [0.2, 0.25) is 0 Å². The number of hydrogen-bond acceptors (Lipinski definition) is 1. The lowest BCUT2D eigenvalue weighted by atomic mass is 9.92. The van der Waals surface area contributed by atoms with Crippen molar-refractivity contribution in [2.75, 3.05) is 0 Å². The molecule has 43 heavy (non-hydrogen) atoms. The Morgan fingerprint density at radius 2 is 0.651 bits per heavy atom. The lowest BCUT2D eigenvalue weighted by Crippen LogP contribution is -2.15. The molecule has 1 rings (SSSR count). The second-order valence-electron chi connectivity index (χ2n) is 15.3. The SMILES string of the molecule is CCCCCCCCCCCCCCC(C)=C(C)C.CCCCCCCCCCCCCCCCCCC1(C)OC1(C)C. The van der Waals surface area contributed by atoms with E-state index in [2.05, 4.69) is 55.4 Å². The summed E-state index contributed by atoms with van der Waals surface area (Å²) in [6.07, 6.45) is 43.0. The molecular weight excluding hydrogens is 520 g/mol. The van der Waals surface area contributed by atoms with Gasteiger partial charge in [-0.25, -0.2) is 0 Å². The Bertz CT molecular complexity index is 612. The quantitative estimate of drug-likeness (QED) is 0.0451. The van der Waals surface area contributed by atoms with Crippen molar-refractivity contribution in [3.63, 3.8) is 0 Å². The van der Waals surface area contributed by atoms with Crippen LogP contribution in [-0.4, -0.2) is 11.2 Å². The third-order valence-corrected chi connectivity index (χ3v) is 10.5. The molecule has 0 aromatic carbocycles. The van der Waals surface area contributed by atoms with Gasteiger partial charge in [0, 0.05) is 0 Å². The number of ether oxygens (including phenoxy) is 1. The molecule has 1 aliphatic heterocycles. The highest BCUT2D eigenvalue weighted by Gasteiger charge is 2.58. The van der Waals surface area contributed by atoms with E-state index in [1.54, 1.807) is 5.57 Å². The first-order chi connectivity index (χ1) is 20.7. The summed E-state index contributed by atoms with van der Waals surface area (Å²) < 4.78 is 5.82. The molecule has 1 fully saturated rings. The first kappa shape index (κ1) is 42.7. The Balaban J connectivity index is 0.000000846. The summed E-state index contributed by atoms with van der Waals surface area (Å²) in [5.74, 6) is 0. The molecule has 1 aliphatic rings. The van der Waals surface area contributed by atoms with E-state index in [0.717, 1.165) is 0 Å². The molecule has 0 spiro atoms. The molecule has 1 nitrogen and oxygen atoms in total. The molecule has 1 unspecified atom stereocenters. The molecule has 1 heteroatoms. The van der Waals surface area contributed by atoms with Crippen molar-refractivity contribution in [3.8, 4) is 0 Å². The van der Waals surface area contributed by atoms with E-state index in [-0.39, 0.29) is 11.2 Å². The molecular formula is C42H84O. The van der Waals surface area contributed by atoms with Gasteiger partial charge in [-0.1, -0.05) is 198 Å². The van der Waals surface area contributed by atoms with Crippen molar-refractivity contribution in [1.29, 1.82) is 0 Å². The van der Waals surface area contributed by atoms with Crippen LogP contribution in [0.4, 0.5) is 0 Å². The first-order valence-electron chi connectivity index (χ1n) is 20.0. The number of hydrogen-bond donors (Lipinski definition) is 0. The van der Waals surface area contributed by atoms with Crippen molar-refractivity contribution in [1.82, 2.24) is 0 Å². The first-order valence-corrected chi connectivity index (χ1v) is 20.0. The van der Waals surface area contributed by atoms with Gasteiger partial charge in [-0.2, -0.15) is 0 Å². The van der Waals surface area contributed by atoms with Gasteiger partial charge in [0.25, 0.3) is 0 Å². The van der Waals surface area contributed by atoms with Gasteiger partial charge >= 0.3 is 0 Å². The Morgan fingerprint density at radius 1 is 0.395 bits per heavy atom. The minimum absolute atomic E-state index is 0.141. The highest BCUT2D eigenvalue weighted by atomic mass is 16.6.